The summed E-state index contributed by atoms with van der Waals surface area (Å²) >= 11 is 24.2. The predicted molar refractivity (Wildman–Crippen MR) is 98.5 cm³/mol. The number of rotatable bonds is 2. The molecule has 0 bridgehead atoms. The molecule has 3 aromatic rings. The van der Waals surface area contributed by atoms with Gasteiger partial charge in [0.15, 0.2) is 0 Å². The van der Waals surface area contributed by atoms with Crippen LogP contribution in [0.25, 0.3) is 22.5 Å². The summed E-state index contributed by atoms with van der Waals surface area (Å²) in [6.07, 6.45) is 0. The maximum atomic E-state index is 10.1. The number of phenols is 2. The van der Waals surface area contributed by atoms with Gasteiger partial charge in [-0.15, -0.1) is 0 Å². The number of aromatic hydroxyl groups is 2. The molecule has 0 spiro atoms. The average molecular weight is 401 g/mol. The summed E-state index contributed by atoms with van der Waals surface area (Å²) in [5.41, 5.74) is 1.44. The summed E-state index contributed by atoms with van der Waals surface area (Å²) in [7, 11) is 0. The molecule has 1 aromatic heterocycles. The van der Waals surface area contributed by atoms with Gasteiger partial charge in [-0.1, -0.05) is 46.4 Å². The fourth-order valence-corrected chi connectivity index (χ4v) is 3.15. The predicted octanol–water partition coefficient (Wildman–Crippen LogP) is 6.44. The van der Waals surface area contributed by atoms with E-state index in [2.05, 4.69) is 4.98 Å². The minimum atomic E-state index is -0.0644. The Morgan fingerprint density at radius 1 is 0.625 bits per heavy atom. The van der Waals surface area contributed by atoms with Crippen LogP contribution in [0.4, 0.5) is 0 Å². The first-order valence-electron chi connectivity index (χ1n) is 6.70. The van der Waals surface area contributed by atoms with Crippen molar-refractivity contribution in [3.05, 3.63) is 62.6 Å². The van der Waals surface area contributed by atoms with Gasteiger partial charge in [-0.05, 0) is 42.5 Å². The van der Waals surface area contributed by atoms with Crippen LogP contribution in [0.15, 0.2) is 42.5 Å². The van der Waals surface area contributed by atoms with Gasteiger partial charge in [0.05, 0.1) is 21.4 Å². The molecule has 2 aromatic carbocycles. The Kier molecular flexibility index (Phi) is 4.79. The Morgan fingerprint density at radius 3 is 1.42 bits per heavy atom. The molecule has 0 radical (unpaired) electrons. The van der Waals surface area contributed by atoms with E-state index in [4.69, 9.17) is 46.4 Å². The van der Waals surface area contributed by atoms with Crippen LogP contribution in [0, 0.1) is 0 Å². The second kappa shape index (κ2) is 6.69. The van der Waals surface area contributed by atoms with Crippen LogP contribution in [0.5, 0.6) is 11.5 Å². The van der Waals surface area contributed by atoms with Crippen LogP contribution in [0.3, 0.4) is 0 Å². The lowest BCUT2D eigenvalue weighted by Crippen LogP contribution is -1.92. The third-order valence-electron chi connectivity index (χ3n) is 3.36. The second-order valence-corrected chi connectivity index (χ2v) is 6.66. The van der Waals surface area contributed by atoms with Crippen molar-refractivity contribution in [2.45, 2.75) is 0 Å². The number of hydrogen-bond donors (Lipinski definition) is 2. The highest BCUT2D eigenvalue weighted by molar-refractivity contribution is 6.37. The quantitative estimate of drug-likeness (QED) is 0.520. The molecule has 2 N–H and O–H groups in total. The van der Waals surface area contributed by atoms with Gasteiger partial charge in [0, 0.05) is 21.2 Å². The van der Waals surface area contributed by atoms with Gasteiger partial charge < -0.3 is 10.2 Å². The van der Waals surface area contributed by atoms with Crippen molar-refractivity contribution >= 4 is 46.4 Å². The topological polar surface area (TPSA) is 53.4 Å². The normalized spacial score (nSPS) is 10.8. The van der Waals surface area contributed by atoms with Gasteiger partial charge in [0.2, 0.25) is 0 Å². The van der Waals surface area contributed by atoms with Crippen molar-refractivity contribution in [3.8, 4) is 34.0 Å². The lowest BCUT2D eigenvalue weighted by atomic mass is 10.1. The molecule has 0 aliphatic carbocycles. The minimum absolute atomic E-state index is 0.0644. The van der Waals surface area contributed by atoms with E-state index in [0.717, 1.165) is 0 Å². The number of nitrogens with zero attached hydrogens (tertiary/aromatic N) is 1. The molecule has 0 fully saturated rings. The molecule has 1 heterocycles. The summed E-state index contributed by atoms with van der Waals surface area (Å²) in [4.78, 5) is 4.42. The third kappa shape index (κ3) is 3.26. The number of hydrogen-bond acceptors (Lipinski definition) is 3. The molecule has 24 heavy (non-hydrogen) atoms. The summed E-state index contributed by atoms with van der Waals surface area (Å²) in [5, 5.41) is 21.5. The van der Waals surface area contributed by atoms with Crippen LogP contribution in [-0.2, 0) is 0 Å². The highest BCUT2D eigenvalue weighted by Gasteiger charge is 2.17. The zero-order valence-corrected chi connectivity index (χ0v) is 14.9. The maximum Gasteiger partial charge on any atom is 0.126 e. The van der Waals surface area contributed by atoms with Gasteiger partial charge in [0.1, 0.15) is 11.5 Å². The number of phenolic OH excluding ortho intramolecular Hbond substituents is 2. The van der Waals surface area contributed by atoms with Crippen LogP contribution in [-0.4, -0.2) is 15.2 Å². The molecular weight excluding hydrogens is 392 g/mol. The monoisotopic (exact) mass is 399 g/mol. The Balaban J connectivity index is 2.23. The van der Waals surface area contributed by atoms with E-state index < -0.39 is 0 Å². The number of halogens is 4. The van der Waals surface area contributed by atoms with E-state index in [1.54, 1.807) is 24.3 Å². The summed E-state index contributed by atoms with van der Waals surface area (Å²) < 4.78 is 0. The first-order chi connectivity index (χ1) is 11.4. The van der Waals surface area contributed by atoms with Crippen molar-refractivity contribution in [1.29, 1.82) is 0 Å². The van der Waals surface area contributed by atoms with Crippen LogP contribution < -0.4 is 0 Å². The molecule has 0 saturated carbocycles. The van der Waals surface area contributed by atoms with Crippen molar-refractivity contribution < 1.29 is 10.2 Å². The molecule has 0 aliphatic rings. The minimum Gasteiger partial charge on any atom is -0.507 e. The molecule has 3 rings (SSSR count). The highest BCUT2D eigenvalue weighted by Crippen LogP contribution is 2.41. The van der Waals surface area contributed by atoms with E-state index >= 15 is 0 Å². The second-order valence-electron chi connectivity index (χ2n) is 4.97. The first-order valence-corrected chi connectivity index (χ1v) is 8.22. The fourth-order valence-electron chi connectivity index (χ4n) is 2.25. The van der Waals surface area contributed by atoms with Crippen molar-refractivity contribution in [1.82, 2.24) is 4.98 Å². The van der Waals surface area contributed by atoms with Crippen molar-refractivity contribution in [2.24, 2.45) is 0 Å². The van der Waals surface area contributed by atoms with Gasteiger partial charge >= 0.3 is 0 Å². The summed E-state index contributed by atoms with van der Waals surface area (Å²) in [5.74, 6) is -0.129. The molecule has 0 aliphatic heterocycles. The number of benzene rings is 2. The van der Waals surface area contributed by atoms with Crippen molar-refractivity contribution in [3.63, 3.8) is 0 Å². The van der Waals surface area contributed by atoms with Gasteiger partial charge in [0.25, 0.3) is 0 Å². The Morgan fingerprint density at radius 2 is 1.04 bits per heavy atom. The molecule has 122 valence electrons. The maximum absolute atomic E-state index is 10.1. The van der Waals surface area contributed by atoms with Gasteiger partial charge in [-0.2, -0.15) is 0 Å². The van der Waals surface area contributed by atoms with E-state index in [0.29, 0.717) is 32.6 Å². The van der Waals surface area contributed by atoms with E-state index in [-0.39, 0.29) is 21.5 Å². The largest absolute Gasteiger partial charge is 0.507 e. The summed E-state index contributed by atoms with van der Waals surface area (Å²) in [6, 6.07) is 10.7. The number of pyridine rings is 1. The zero-order chi connectivity index (χ0) is 17.4. The molecule has 0 amide bonds. The lowest BCUT2D eigenvalue weighted by Gasteiger charge is -2.12. The first kappa shape index (κ1) is 17.2. The standard InChI is InChI=1S/C17H9Cl4NO2/c18-8-1-3-10(14(23)5-8)16-12(20)7-13(21)17(22-16)11-4-2-9(19)6-15(11)24/h1-7,23-24H. The SMILES string of the molecule is Oc1cc(Cl)ccc1-c1nc(-c2ccc(Cl)cc2O)c(Cl)cc1Cl. The van der Waals surface area contributed by atoms with Crippen LogP contribution >= 0.6 is 46.4 Å². The van der Waals surface area contributed by atoms with Gasteiger partial charge in [-0.25, -0.2) is 4.98 Å². The van der Waals surface area contributed by atoms with Gasteiger partial charge in [-0.3, -0.25) is 0 Å². The molecule has 0 atom stereocenters. The highest BCUT2D eigenvalue weighted by atomic mass is 35.5. The fraction of sp³-hybridized carbons (Fsp3) is 0. The van der Waals surface area contributed by atoms with E-state index in [1.807, 2.05) is 0 Å². The molecule has 3 nitrogen and oxygen atoms in total. The lowest BCUT2D eigenvalue weighted by molar-refractivity contribution is 0.477. The summed E-state index contributed by atoms with van der Waals surface area (Å²) in [6.45, 7) is 0. The Bertz CT molecular complexity index is 871. The third-order valence-corrected chi connectivity index (χ3v) is 4.41. The molecule has 0 saturated heterocycles. The smallest absolute Gasteiger partial charge is 0.126 e. The van der Waals surface area contributed by atoms with E-state index in [9.17, 15) is 10.2 Å². The van der Waals surface area contributed by atoms with Crippen LogP contribution in [0.2, 0.25) is 20.1 Å². The molecular formula is C17H9Cl4NO2. The molecule has 7 heteroatoms. The van der Waals surface area contributed by atoms with E-state index in [1.165, 1.54) is 18.2 Å². The Hall–Kier alpha value is -1.65. The van der Waals surface area contributed by atoms with Crippen molar-refractivity contribution in [2.75, 3.05) is 0 Å². The Labute approximate surface area is 158 Å². The zero-order valence-electron chi connectivity index (χ0n) is 11.9. The average Bonchev–Trinajstić information content (AvgIpc) is 2.49. The number of aromatic nitrogens is 1. The van der Waals surface area contributed by atoms with Crippen LogP contribution in [0.1, 0.15) is 0 Å². The molecule has 0 unspecified atom stereocenters.